The SMILES string of the molecule is Cc1cccc(N)c1C(=O)NC(C)c1cccnc1. The molecule has 19 heavy (non-hydrogen) atoms. The lowest BCUT2D eigenvalue weighted by Gasteiger charge is -2.16. The van der Waals surface area contributed by atoms with Crippen LogP contribution in [0.5, 0.6) is 0 Å². The molecule has 0 aliphatic rings. The highest BCUT2D eigenvalue weighted by Gasteiger charge is 2.15. The van der Waals surface area contributed by atoms with Gasteiger partial charge < -0.3 is 11.1 Å². The fourth-order valence-electron chi connectivity index (χ4n) is 1.98. The summed E-state index contributed by atoms with van der Waals surface area (Å²) in [5.74, 6) is -0.160. The zero-order valence-electron chi connectivity index (χ0n) is 11.1. The summed E-state index contributed by atoms with van der Waals surface area (Å²) in [7, 11) is 0. The Morgan fingerprint density at radius 2 is 2.11 bits per heavy atom. The Balaban J connectivity index is 2.18. The first kappa shape index (κ1) is 13.1. The molecule has 98 valence electrons. The second kappa shape index (κ2) is 5.52. The Labute approximate surface area is 112 Å². The van der Waals surface area contributed by atoms with Crippen molar-refractivity contribution >= 4 is 11.6 Å². The molecule has 0 spiro atoms. The van der Waals surface area contributed by atoms with Gasteiger partial charge in [-0.25, -0.2) is 0 Å². The van der Waals surface area contributed by atoms with Crippen molar-refractivity contribution in [3.8, 4) is 0 Å². The van der Waals surface area contributed by atoms with E-state index in [9.17, 15) is 4.79 Å². The Morgan fingerprint density at radius 3 is 2.74 bits per heavy atom. The van der Waals surface area contributed by atoms with Crippen LogP contribution < -0.4 is 11.1 Å². The van der Waals surface area contributed by atoms with Crippen LogP contribution in [0, 0.1) is 6.92 Å². The van der Waals surface area contributed by atoms with Gasteiger partial charge in [0.15, 0.2) is 0 Å². The molecule has 0 fully saturated rings. The van der Waals surface area contributed by atoms with Crippen LogP contribution >= 0.6 is 0 Å². The van der Waals surface area contributed by atoms with Crippen LogP contribution in [0.25, 0.3) is 0 Å². The quantitative estimate of drug-likeness (QED) is 0.828. The van der Waals surface area contributed by atoms with Gasteiger partial charge >= 0.3 is 0 Å². The van der Waals surface area contributed by atoms with Crippen LogP contribution in [0.15, 0.2) is 42.7 Å². The molecule has 1 unspecified atom stereocenters. The third-order valence-corrected chi connectivity index (χ3v) is 3.06. The van der Waals surface area contributed by atoms with E-state index in [1.807, 2.05) is 38.1 Å². The fourth-order valence-corrected chi connectivity index (χ4v) is 1.98. The Bertz CT molecular complexity index is 561. The zero-order chi connectivity index (χ0) is 13.8. The van der Waals surface area contributed by atoms with Crippen molar-refractivity contribution in [1.29, 1.82) is 0 Å². The monoisotopic (exact) mass is 255 g/mol. The molecule has 1 aromatic heterocycles. The summed E-state index contributed by atoms with van der Waals surface area (Å²) in [6.45, 7) is 3.80. The van der Waals surface area contributed by atoms with Crippen molar-refractivity contribution in [3.63, 3.8) is 0 Å². The smallest absolute Gasteiger partial charge is 0.254 e. The number of pyridine rings is 1. The molecule has 0 aliphatic heterocycles. The molecule has 2 aromatic rings. The minimum Gasteiger partial charge on any atom is -0.398 e. The van der Waals surface area contributed by atoms with E-state index < -0.39 is 0 Å². The molecule has 0 bridgehead atoms. The zero-order valence-corrected chi connectivity index (χ0v) is 11.1. The summed E-state index contributed by atoms with van der Waals surface area (Å²) in [4.78, 5) is 16.3. The lowest BCUT2D eigenvalue weighted by atomic mass is 10.0. The molecule has 1 atom stereocenters. The van der Waals surface area contributed by atoms with Crippen LogP contribution in [0.3, 0.4) is 0 Å². The van der Waals surface area contributed by atoms with E-state index in [1.165, 1.54) is 0 Å². The van der Waals surface area contributed by atoms with E-state index in [-0.39, 0.29) is 11.9 Å². The molecule has 1 aromatic carbocycles. The molecule has 1 amide bonds. The van der Waals surface area contributed by atoms with Gasteiger partial charge in [0.05, 0.1) is 11.6 Å². The number of benzene rings is 1. The minimum absolute atomic E-state index is 0.111. The second-order valence-electron chi connectivity index (χ2n) is 4.52. The van der Waals surface area contributed by atoms with Gasteiger partial charge in [0.2, 0.25) is 0 Å². The van der Waals surface area contributed by atoms with Crippen LogP contribution in [0.2, 0.25) is 0 Å². The normalized spacial score (nSPS) is 11.9. The lowest BCUT2D eigenvalue weighted by Crippen LogP contribution is -2.28. The van der Waals surface area contributed by atoms with E-state index in [0.29, 0.717) is 11.3 Å². The molecule has 0 saturated carbocycles. The first-order valence-electron chi connectivity index (χ1n) is 6.15. The van der Waals surface area contributed by atoms with Crippen LogP contribution in [-0.2, 0) is 0 Å². The van der Waals surface area contributed by atoms with Crippen molar-refractivity contribution in [2.45, 2.75) is 19.9 Å². The van der Waals surface area contributed by atoms with Gasteiger partial charge in [-0.2, -0.15) is 0 Å². The second-order valence-corrected chi connectivity index (χ2v) is 4.52. The molecular weight excluding hydrogens is 238 g/mol. The molecule has 0 radical (unpaired) electrons. The average molecular weight is 255 g/mol. The maximum atomic E-state index is 12.3. The Hall–Kier alpha value is -2.36. The number of nitrogen functional groups attached to an aromatic ring is 1. The average Bonchev–Trinajstić information content (AvgIpc) is 2.39. The van der Waals surface area contributed by atoms with E-state index in [2.05, 4.69) is 10.3 Å². The lowest BCUT2D eigenvalue weighted by molar-refractivity contribution is 0.0940. The summed E-state index contributed by atoms with van der Waals surface area (Å²) in [5.41, 5.74) is 8.73. The predicted octanol–water partition coefficient (Wildman–Crippen LogP) is 2.46. The molecule has 2 rings (SSSR count). The van der Waals surface area contributed by atoms with Crippen molar-refractivity contribution in [1.82, 2.24) is 10.3 Å². The number of aromatic nitrogens is 1. The van der Waals surface area contributed by atoms with E-state index in [1.54, 1.807) is 18.5 Å². The number of carbonyl (C=O) groups excluding carboxylic acids is 1. The summed E-state index contributed by atoms with van der Waals surface area (Å²) < 4.78 is 0. The van der Waals surface area contributed by atoms with Gasteiger partial charge in [0, 0.05) is 18.1 Å². The van der Waals surface area contributed by atoms with Gasteiger partial charge in [-0.1, -0.05) is 18.2 Å². The predicted molar refractivity (Wildman–Crippen MR) is 75.7 cm³/mol. The van der Waals surface area contributed by atoms with Gasteiger partial charge in [0.1, 0.15) is 0 Å². The summed E-state index contributed by atoms with van der Waals surface area (Å²) in [6, 6.07) is 9.11. The van der Waals surface area contributed by atoms with Gasteiger partial charge in [-0.05, 0) is 37.1 Å². The minimum atomic E-state index is -0.160. The standard InChI is InChI=1S/C15H17N3O/c1-10-5-3-7-13(16)14(10)15(19)18-11(2)12-6-4-8-17-9-12/h3-9,11H,16H2,1-2H3,(H,18,19). The summed E-state index contributed by atoms with van der Waals surface area (Å²) >= 11 is 0. The van der Waals surface area contributed by atoms with Crippen LogP contribution in [-0.4, -0.2) is 10.9 Å². The Kier molecular flexibility index (Phi) is 3.80. The molecule has 3 N–H and O–H groups in total. The van der Waals surface area contributed by atoms with Crippen molar-refractivity contribution in [2.75, 3.05) is 5.73 Å². The maximum absolute atomic E-state index is 12.3. The fraction of sp³-hybridized carbons (Fsp3) is 0.200. The molecular formula is C15H17N3O. The van der Waals surface area contributed by atoms with Crippen molar-refractivity contribution in [3.05, 3.63) is 59.4 Å². The third kappa shape index (κ3) is 2.91. The van der Waals surface area contributed by atoms with E-state index in [4.69, 9.17) is 5.73 Å². The third-order valence-electron chi connectivity index (χ3n) is 3.06. The van der Waals surface area contributed by atoms with Crippen molar-refractivity contribution < 1.29 is 4.79 Å². The first-order valence-corrected chi connectivity index (χ1v) is 6.15. The summed E-state index contributed by atoms with van der Waals surface area (Å²) in [6.07, 6.45) is 3.45. The van der Waals surface area contributed by atoms with Crippen molar-refractivity contribution in [2.24, 2.45) is 0 Å². The summed E-state index contributed by atoms with van der Waals surface area (Å²) in [5, 5.41) is 2.94. The molecule has 0 aliphatic carbocycles. The first-order chi connectivity index (χ1) is 9.09. The van der Waals surface area contributed by atoms with Gasteiger partial charge in [0.25, 0.3) is 5.91 Å². The molecule has 4 heteroatoms. The Morgan fingerprint density at radius 1 is 1.32 bits per heavy atom. The number of anilines is 1. The van der Waals surface area contributed by atoms with E-state index >= 15 is 0 Å². The number of hydrogen-bond donors (Lipinski definition) is 2. The van der Waals surface area contributed by atoms with Crippen LogP contribution in [0.4, 0.5) is 5.69 Å². The molecule has 4 nitrogen and oxygen atoms in total. The highest BCUT2D eigenvalue weighted by Crippen LogP contribution is 2.18. The number of nitrogens with two attached hydrogens (primary N) is 1. The van der Waals surface area contributed by atoms with E-state index in [0.717, 1.165) is 11.1 Å². The number of hydrogen-bond acceptors (Lipinski definition) is 3. The largest absolute Gasteiger partial charge is 0.398 e. The number of carbonyl (C=O) groups is 1. The highest BCUT2D eigenvalue weighted by atomic mass is 16.1. The number of nitrogens with one attached hydrogen (secondary N) is 1. The molecule has 0 saturated heterocycles. The van der Waals surface area contributed by atoms with Gasteiger partial charge in [-0.3, -0.25) is 9.78 Å². The highest BCUT2D eigenvalue weighted by molar-refractivity contribution is 6.00. The topological polar surface area (TPSA) is 68.0 Å². The van der Waals surface area contributed by atoms with Crippen LogP contribution in [0.1, 0.15) is 34.5 Å². The maximum Gasteiger partial charge on any atom is 0.254 e. The number of nitrogens with zero attached hydrogens (tertiary/aromatic N) is 1. The molecule has 1 heterocycles. The van der Waals surface area contributed by atoms with Gasteiger partial charge in [-0.15, -0.1) is 0 Å². The number of amides is 1. The number of aryl methyl sites for hydroxylation is 1. The number of rotatable bonds is 3.